The molecule has 1 saturated heterocycles. The lowest BCUT2D eigenvalue weighted by Gasteiger charge is -2.68. The van der Waals surface area contributed by atoms with E-state index in [-0.39, 0.29) is 35.5 Å². The number of carbonyl (C=O) groups is 6. The van der Waals surface area contributed by atoms with Gasteiger partial charge in [0, 0.05) is 39.4 Å². The average molecular weight is 898 g/mol. The highest BCUT2D eigenvalue weighted by molar-refractivity contribution is 5.95. The molecular weight excluding hydrogens is 839 g/mol. The number of hydrogen-bond acceptors (Lipinski definition) is 14. The third kappa shape index (κ3) is 8.79. The number of amides is 1. The quantitative estimate of drug-likeness (QED) is 0.131. The number of Topliss-reactive ketones (excluding diaryl/α,β-unsaturated/α-hetero) is 2. The number of methoxy groups -OCH3 is 2. The van der Waals surface area contributed by atoms with Crippen molar-refractivity contribution in [3.8, 4) is 0 Å². The van der Waals surface area contributed by atoms with Gasteiger partial charge in [-0.2, -0.15) is 0 Å². The van der Waals surface area contributed by atoms with Crippen molar-refractivity contribution in [2.24, 2.45) is 16.7 Å². The summed E-state index contributed by atoms with van der Waals surface area (Å²) in [6.07, 6.45) is -8.43. The van der Waals surface area contributed by atoms with E-state index in [9.17, 15) is 34.2 Å². The lowest BCUT2D eigenvalue weighted by atomic mass is 9.44. The van der Waals surface area contributed by atoms with E-state index >= 15 is 4.79 Å². The summed E-state index contributed by atoms with van der Waals surface area (Å²) in [7, 11) is 2.80. The van der Waals surface area contributed by atoms with Gasteiger partial charge < -0.3 is 48.7 Å². The molecule has 1 aliphatic heterocycles. The van der Waals surface area contributed by atoms with E-state index < -0.39 is 107 Å². The van der Waals surface area contributed by atoms with E-state index in [1.165, 1.54) is 35.0 Å². The number of aliphatic hydroxyl groups excluding tert-OH is 1. The summed E-state index contributed by atoms with van der Waals surface area (Å²) in [6.45, 7) is 10.8. The summed E-state index contributed by atoms with van der Waals surface area (Å²) in [6, 6.07) is 23.6. The molecular formula is C50H59NO14. The molecule has 7 rings (SSSR count). The van der Waals surface area contributed by atoms with Crippen molar-refractivity contribution in [1.29, 1.82) is 0 Å². The SMILES string of the molecule is CC(C)=O.CO[C@H]1C(=O)[C@]2(C)[C@@H](OC)C[C@H]3OC[C@@]3(OC(=O)c3ccccc3)[C@H]2[C@H](OC(=O)c2ccccc2)[C@]2(O)C[C@H](OC(=O)[C@H](O)[C@@H](NC(C)=O)c3ccccc3)C(C)=C1C2(C)C. The molecule has 11 atom stereocenters. The number of esters is 3. The smallest absolute Gasteiger partial charge is 0.338 e. The van der Waals surface area contributed by atoms with E-state index in [1.807, 2.05) is 0 Å². The lowest BCUT2D eigenvalue weighted by molar-refractivity contribution is -0.343. The van der Waals surface area contributed by atoms with Crippen LogP contribution < -0.4 is 5.32 Å². The van der Waals surface area contributed by atoms with Crippen LogP contribution in [0.3, 0.4) is 0 Å². The number of carbonyl (C=O) groups excluding carboxylic acids is 6. The van der Waals surface area contributed by atoms with Gasteiger partial charge in [0.15, 0.2) is 17.5 Å². The van der Waals surface area contributed by atoms with Crippen LogP contribution in [0.5, 0.6) is 0 Å². The number of aliphatic hydroxyl groups is 2. The maximum Gasteiger partial charge on any atom is 0.338 e. The van der Waals surface area contributed by atoms with Crippen molar-refractivity contribution in [3.05, 3.63) is 119 Å². The number of fused-ring (bicyclic) bond motifs is 5. The molecule has 3 aromatic rings. The first-order valence-electron chi connectivity index (χ1n) is 21.6. The fraction of sp³-hybridized carbons (Fsp3) is 0.480. The molecule has 65 heavy (non-hydrogen) atoms. The Morgan fingerprint density at radius 3 is 1.83 bits per heavy atom. The highest BCUT2D eigenvalue weighted by Crippen LogP contribution is 2.65. The predicted molar refractivity (Wildman–Crippen MR) is 234 cm³/mol. The Hall–Kier alpha value is -5.58. The fourth-order valence-electron chi connectivity index (χ4n) is 10.4. The minimum Gasteiger partial charge on any atom is -0.456 e. The number of nitrogens with one attached hydrogen (secondary N) is 1. The van der Waals surface area contributed by atoms with Crippen molar-refractivity contribution < 1.29 is 67.4 Å². The fourth-order valence-corrected chi connectivity index (χ4v) is 10.4. The van der Waals surface area contributed by atoms with Crippen LogP contribution in [0.15, 0.2) is 102 Å². The summed E-state index contributed by atoms with van der Waals surface area (Å²) in [5.74, 6) is -4.91. The van der Waals surface area contributed by atoms with Gasteiger partial charge in [-0.15, -0.1) is 0 Å². The molecule has 1 amide bonds. The van der Waals surface area contributed by atoms with Gasteiger partial charge in [0.05, 0.1) is 41.2 Å². The van der Waals surface area contributed by atoms with Gasteiger partial charge in [-0.05, 0) is 68.7 Å². The van der Waals surface area contributed by atoms with Crippen LogP contribution >= 0.6 is 0 Å². The monoisotopic (exact) mass is 897 g/mol. The topological polar surface area (TPSA) is 210 Å². The standard InChI is InChI=1S/C47H53NO13.C3H6O/c1-26-31(59-43(54)36(50)35(48-27(2)49)28-17-11-8-12-18-28)24-47(55)40(60-41(52)29-19-13-9-14-20-29)38-45(5,39(51)37(57-7)34(26)44(47,3)4)32(56-6)23-33-46(38,25-58-33)61-42(53)30-21-15-10-16-22-30;1-3(2)4/h8-22,31-33,35-38,40,50,55H,23-25H2,1-7H3,(H,48,49);1-2H3/t31-,32-,33+,35-,36+,37+,38-,40-,45+,46-,47+;/m0./s1. The normalized spacial score (nSPS) is 30.7. The zero-order chi connectivity index (χ0) is 47.6. The summed E-state index contributed by atoms with van der Waals surface area (Å²) >= 11 is 0. The zero-order valence-electron chi connectivity index (χ0n) is 38.2. The molecule has 348 valence electrons. The molecule has 2 bridgehead atoms. The van der Waals surface area contributed by atoms with E-state index in [4.69, 9.17) is 28.4 Å². The van der Waals surface area contributed by atoms with Crippen LogP contribution in [0.4, 0.5) is 0 Å². The van der Waals surface area contributed by atoms with Crippen LogP contribution in [0, 0.1) is 16.7 Å². The molecule has 3 aromatic carbocycles. The summed E-state index contributed by atoms with van der Waals surface area (Å²) in [5, 5.41) is 28.0. The lowest BCUT2D eigenvalue weighted by Crippen LogP contribution is -2.82. The van der Waals surface area contributed by atoms with Crippen LogP contribution in [0.25, 0.3) is 0 Å². The first-order valence-corrected chi connectivity index (χ1v) is 21.6. The molecule has 0 unspecified atom stereocenters. The summed E-state index contributed by atoms with van der Waals surface area (Å²) in [5.41, 5.74) is -5.65. The minimum absolute atomic E-state index is 0.0992. The van der Waals surface area contributed by atoms with Gasteiger partial charge in [0.1, 0.15) is 35.8 Å². The second-order valence-electron chi connectivity index (χ2n) is 18.1. The number of ether oxygens (including phenoxy) is 6. The maximum absolute atomic E-state index is 15.7. The molecule has 2 saturated carbocycles. The van der Waals surface area contributed by atoms with Gasteiger partial charge in [-0.1, -0.05) is 80.6 Å². The molecule has 15 nitrogen and oxygen atoms in total. The van der Waals surface area contributed by atoms with Gasteiger partial charge in [0.25, 0.3) is 0 Å². The molecule has 0 spiro atoms. The number of rotatable bonds is 11. The minimum atomic E-state index is -2.23. The van der Waals surface area contributed by atoms with E-state index in [1.54, 1.807) is 119 Å². The zero-order valence-corrected chi connectivity index (χ0v) is 38.2. The largest absolute Gasteiger partial charge is 0.456 e. The van der Waals surface area contributed by atoms with E-state index in [0.717, 1.165) is 0 Å². The summed E-state index contributed by atoms with van der Waals surface area (Å²) in [4.78, 5) is 80.2. The maximum atomic E-state index is 15.7. The van der Waals surface area contributed by atoms with Crippen molar-refractivity contribution in [1.82, 2.24) is 5.32 Å². The first-order chi connectivity index (χ1) is 30.7. The Bertz CT molecular complexity index is 2300. The molecule has 3 fully saturated rings. The molecule has 0 radical (unpaired) electrons. The van der Waals surface area contributed by atoms with E-state index in [0.29, 0.717) is 11.1 Å². The second-order valence-corrected chi connectivity index (χ2v) is 18.1. The Labute approximate surface area is 378 Å². The number of benzene rings is 3. The molecule has 1 heterocycles. The summed E-state index contributed by atoms with van der Waals surface area (Å²) < 4.78 is 37.6. The highest BCUT2D eigenvalue weighted by atomic mass is 16.6. The van der Waals surface area contributed by atoms with Crippen molar-refractivity contribution in [2.75, 3.05) is 20.8 Å². The Morgan fingerprint density at radius 2 is 1.34 bits per heavy atom. The first kappa shape index (κ1) is 48.9. The Kier molecular flexibility index (Phi) is 14.4. The molecule has 4 aliphatic rings. The van der Waals surface area contributed by atoms with Crippen molar-refractivity contribution in [2.45, 2.75) is 115 Å². The highest BCUT2D eigenvalue weighted by Gasteiger charge is 2.78. The Morgan fingerprint density at radius 1 is 0.800 bits per heavy atom. The molecule has 0 aromatic heterocycles. The molecule has 3 N–H and O–H groups in total. The second kappa shape index (κ2) is 19.1. The van der Waals surface area contributed by atoms with Gasteiger partial charge in [-0.25, -0.2) is 14.4 Å². The van der Waals surface area contributed by atoms with Crippen LogP contribution in [-0.2, 0) is 47.6 Å². The predicted octanol–water partition coefficient (Wildman–Crippen LogP) is 5.07. The number of hydrogen-bond donors (Lipinski definition) is 3. The average Bonchev–Trinajstić information content (AvgIpc) is 3.27. The van der Waals surface area contributed by atoms with Gasteiger partial charge in [-0.3, -0.25) is 9.59 Å². The molecule has 3 aliphatic carbocycles. The van der Waals surface area contributed by atoms with Crippen molar-refractivity contribution in [3.63, 3.8) is 0 Å². The van der Waals surface area contributed by atoms with Gasteiger partial charge >= 0.3 is 17.9 Å². The van der Waals surface area contributed by atoms with Gasteiger partial charge in [0.2, 0.25) is 5.91 Å². The molecule has 15 heteroatoms. The third-order valence-corrected chi connectivity index (χ3v) is 13.7. The Balaban J connectivity index is 0.00000168. The third-order valence-electron chi connectivity index (χ3n) is 13.7. The van der Waals surface area contributed by atoms with Crippen LogP contribution in [0.1, 0.15) is 93.6 Å². The van der Waals surface area contributed by atoms with E-state index in [2.05, 4.69) is 5.32 Å². The number of ketones is 2. The van der Waals surface area contributed by atoms with Crippen LogP contribution in [0.2, 0.25) is 0 Å². The van der Waals surface area contributed by atoms with Crippen molar-refractivity contribution >= 4 is 35.4 Å². The van der Waals surface area contributed by atoms with Crippen LogP contribution in [-0.4, -0.2) is 114 Å².